The van der Waals surface area contributed by atoms with Gasteiger partial charge in [0.15, 0.2) is 18.0 Å². The molecular formula is C16H27NO6. The van der Waals surface area contributed by atoms with Crippen molar-refractivity contribution in [3.05, 3.63) is 0 Å². The predicted octanol–water partition coefficient (Wildman–Crippen LogP) is 0.737. The van der Waals surface area contributed by atoms with Crippen molar-refractivity contribution in [3.63, 3.8) is 0 Å². The summed E-state index contributed by atoms with van der Waals surface area (Å²) < 4.78 is 4.84. The topological polar surface area (TPSA) is 116 Å². The highest BCUT2D eigenvalue weighted by atomic mass is 16.6. The Kier molecular flexibility index (Phi) is 6.70. The molecule has 23 heavy (non-hydrogen) atoms. The van der Waals surface area contributed by atoms with E-state index >= 15 is 0 Å². The average molecular weight is 329 g/mol. The molecule has 0 saturated carbocycles. The van der Waals surface area contributed by atoms with E-state index in [9.17, 15) is 19.5 Å². The third-order valence-corrected chi connectivity index (χ3v) is 3.66. The molecule has 1 aliphatic rings. The lowest BCUT2D eigenvalue weighted by atomic mass is 9.90. The molecule has 1 saturated heterocycles. The number of rotatable bonds is 10. The Labute approximate surface area is 136 Å². The van der Waals surface area contributed by atoms with E-state index in [1.807, 2.05) is 13.8 Å². The van der Waals surface area contributed by atoms with Gasteiger partial charge >= 0.3 is 5.97 Å². The second-order valence-electron chi connectivity index (χ2n) is 7.17. The Morgan fingerprint density at radius 2 is 1.83 bits per heavy atom. The van der Waals surface area contributed by atoms with Crippen LogP contribution in [0.25, 0.3) is 0 Å². The summed E-state index contributed by atoms with van der Waals surface area (Å²) in [5.74, 6) is -2.03. The second-order valence-corrected chi connectivity index (χ2v) is 7.17. The molecule has 1 heterocycles. The molecule has 3 N–H and O–H groups in total. The molecule has 1 amide bonds. The summed E-state index contributed by atoms with van der Waals surface area (Å²) in [7, 11) is 0. The lowest BCUT2D eigenvalue weighted by Gasteiger charge is -2.20. The summed E-state index contributed by atoms with van der Waals surface area (Å²) in [5, 5.41) is 21.2. The first-order valence-electron chi connectivity index (χ1n) is 7.92. The summed E-state index contributed by atoms with van der Waals surface area (Å²) in [6, 6.07) is 0. The highest BCUT2D eigenvalue weighted by Crippen LogP contribution is 2.27. The Bertz CT molecular complexity index is 454. The highest BCUT2D eigenvalue weighted by Gasteiger charge is 2.50. The Hall–Kier alpha value is -1.47. The summed E-state index contributed by atoms with van der Waals surface area (Å²) in [6.07, 6.45) is -1.08. The normalized spacial score (nSPS) is 21.8. The van der Waals surface area contributed by atoms with Crippen LogP contribution in [-0.4, -0.2) is 52.2 Å². The zero-order chi connectivity index (χ0) is 17.8. The summed E-state index contributed by atoms with van der Waals surface area (Å²) >= 11 is 0. The number of carboxylic acids is 1. The minimum Gasteiger partial charge on any atom is -0.479 e. The van der Waals surface area contributed by atoms with Crippen LogP contribution < -0.4 is 5.32 Å². The van der Waals surface area contributed by atoms with E-state index in [0.29, 0.717) is 19.4 Å². The van der Waals surface area contributed by atoms with Gasteiger partial charge in [-0.1, -0.05) is 13.8 Å². The second kappa shape index (κ2) is 7.88. The highest BCUT2D eigenvalue weighted by molar-refractivity contribution is 5.95. The van der Waals surface area contributed by atoms with Gasteiger partial charge in [-0.15, -0.1) is 0 Å². The summed E-state index contributed by atoms with van der Waals surface area (Å²) in [5.41, 5.74) is -0.868. The largest absolute Gasteiger partial charge is 0.479 e. The van der Waals surface area contributed by atoms with E-state index in [1.54, 1.807) is 13.8 Å². The molecule has 3 atom stereocenters. The average Bonchev–Trinajstić information content (AvgIpc) is 3.15. The number of hydrogen-bond donors (Lipinski definition) is 3. The van der Waals surface area contributed by atoms with Crippen molar-refractivity contribution < 1.29 is 29.3 Å². The van der Waals surface area contributed by atoms with Gasteiger partial charge in [-0.25, -0.2) is 4.79 Å². The quantitative estimate of drug-likeness (QED) is 0.509. The minimum atomic E-state index is -1.15. The fourth-order valence-electron chi connectivity index (χ4n) is 2.39. The maximum atomic E-state index is 12.3. The van der Waals surface area contributed by atoms with Crippen LogP contribution >= 0.6 is 0 Å². The standard InChI is InChI=1S/C16H27NO6/c1-9(2)7-10(14(19)17-6-5-16(3,4)22)8-11(18)12-13(23-12)15(20)21/h9-10,12-13,22H,5-8H2,1-4H3,(H,17,19)(H,20,21)/t10-,12-,13+/m1/s1. The van der Waals surface area contributed by atoms with Crippen LogP contribution in [0, 0.1) is 11.8 Å². The molecule has 0 radical (unpaired) electrons. The number of carboxylic acid groups (broad SMARTS) is 1. The van der Waals surface area contributed by atoms with E-state index in [-0.39, 0.29) is 24.0 Å². The number of ether oxygens (including phenoxy) is 1. The third kappa shape index (κ3) is 7.09. The van der Waals surface area contributed by atoms with E-state index in [2.05, 4.69) is 5.32 Å². The predicted molar refractivity (Wildman–Crippen MR) is 82.8 cm³/mol. The molecule has 1 fully saturated rings. The zero-order valence-corrected chi connectivity index (χ0v) is 14.2. The fraction of sp³-hybridized carbons (Fsp3) is 0.812. The molecule has 132 valence electrons. The number of epoxide rings is 1. The van der Waals surface area contributed by atoms with E-state index in [0.717, 1.165) is 0 Å². The maximum Gasteiger partial charge on any atom is 0.336 e. The van der Waals surface area contributed by atoms with Crippen LogP contribution in [0.2, 0.25) is 0 Å². The van der Waals surface area contributed by atoms with Gasteiger partial charge in [0.2, 0.25) is 5.91 Å². The summed E-state index contributed by atoms with van der Waals surface area (Å²) in [6.45, 7) is 7.54. The van der Waals surface area contributed by atoms with Gasteiger partial charge < -0.3 is 20.3 Å². The zero-order valence-electron chi connectivity index (χ0n) is 14.2. The molecule has 0 bridgehead atoms. The number of aliphatic hydroxyl groups is 1. The monoisotopic (exact) mass is 329 g/mol. The van der Waals surface area contributed by atoms with Crippen molar-refractivity contribution in [3.8, 4) is 0 Å². The van der Waals surface area contributed by atoms with Crippen molar-refractivity contribution in [2.75, 3.05) is 6.54 Å². The van der Waals surface area contributed by atoms with E-state index in [4.69, 9.17) is 9.84 Å². The van der Waals surface area contributed by atoms with Crippen molar-refractivity contribution in [2.24, 2.45) is 11.8 Å². The first-order chi connectivity index (χ1) is 10.5. The van der Waals surface area contributed by atoms with Gasteiger partial charge in [0.1, 0.15) is 0 Å². The molecule has 7 heteroatoms. The number of nitrogens with one attached hydrogen (secondary N) is 1. The SMILES string of the molecule is CC(C)C[C@H](CC(=O)[C@H]1O[C@@H]1C(=O)O)C(=O)NCCC(C)(C)O. The van der Waals surface area contributed by atoms with Gasteiger partial charge in [0, 0.05) is 18.9 Å². The first-order valence-corrected chi connectivity index (χ1v) is 7.92. The maximum absolute atomic E-state index is 12.3. The number of amides is 1. The van der Waals surface area contributed by atoms with Crippen molar-refractivity contribution >= 4 is 17.7 Å². The van der Waals surface area contributed by atoms with Gasteiger partial charge in [-0.3, -0.25) is 9.59 Å². The minimum absolute atomic E-state index is 0.0268. The van der Waals surface area contributed by atoms with Crippen molar-refractivity contribution in [1.82, 2.24) is 5.32 Å². The van der Waals surface area contributed by atoms with Crippen LogP contribution in [0.5, 0.6) is 0 Å². The van der Waals surface area contributed by atoms with Gasteiger partial charge in [0.25, 0.3) is 0 Å². The van der Waals surface area contributed by atoms with Crippen LogP contribution in [0.15, 0.2) is 0 Å². The third-order valence-electron chi connectivity index (χ3n) is 3.66. The number of hydrogen-bond acceptors (Lipinski definition) is 5. The molecule has 1 aliphatic heterocycles. The van der Waals surface area contributed by atoms with Gasteiger partial charge in [0.05, 0.1) is 5.60 Å². The Morgan fingerprint density at radius 3 is 2.26 bits per heavy atom. The molecule has 1 rings (SSSR count). The smallest absolute Gasteiger partial charge is 0.336 e. The molecule has 0 spiro atoms. The van der Waals surface area contributed by atoms with Crippen molar-refractivity contribution in [2.45, 2.75) is 64.8 Å². The van der Waals surface area contributed by atoms with Crippen LogP contribution in [-0.2, 0) is 19.1 Å². The van der Waals surface area contributed by atoms with Crippen molar-refractivity contribution in [1.29, 1.82) is 0 Å². The number of carbonyl (C=O) groups excluding carboxylic acids is 2. The number of aliphatic carboxylic acids is 1. The first kappa shape index (κ1) is 19.6. The molecule has 0 aromatic heterocycles. The molecule has 0 aromatic rings. The molecule has 7 nitrogen and oxygen atoms in total. The van der Waals surface area contributed by atoms with Crippen LogP contribution in [0.1, 0.15) is 47.0 Å². The lowest BCUT2D eigenvalue weighted by molar-refractivity contribution is -0.138. The number of Topliss-reactive ketones (excluding diaryl/α,β-unsaturated/α-hetero) is 1. The Balaban J connectivity index is 2.53. The number of ketones is 1. The molecule has 0 unspecified atom stereocenters. The fourth-order valence-corrected chi connectivity index (χ4v) is 2.39. The Morgan fingerprint density at radius 1 is 1.22 bits per heavy atom. The van der Waals surface area contributed by atoms with Gasteiger partial charge in [-0.2, -0.15) is 0 Å². The van der Waals surface area contributed by atoms with Crippen LogP contribution in [0.4, 0.5) is 0 Å². The molecule has 0 aromatic carbocycles. The van der Waals surface area contributed by atoms with E-state index < -0.39 is 29.7 Å². The molecular weight excluding hydrogens is 302 g/mol. The molecule has 0 aliphatic carbocycles. The summed E-state index contributed by atoms with van der Waals surface area (Å²) in [4.78, 5) is 35.0. The number of carbonyl (C=O) groups is 3. The van der Waals surface area contributed by atoms with Crippen LogP contribution in [0.3, 0.4) is 0 Å². The lowest BCUT2D eigenvalue weighted by Crippen LogP contribution is -2.36. The van der Waals surface area contributed by atoms with E-state index in [1.165, 1.54) is 0 Å². The van der Waals surface area contributed by atoms with Gasteiger partial charge in [-0.05, 0) is 32.6 Å².